The van der Waals surface area contributed by atoms with Gasteiger partial charge in [0.05, 0.1) is 19.6 Å². The molecule has 0 bridgehead atoms. The molecule has 35 heavy (non-hydrogen) atoms. The summed E-state index contributed by atoms with van der Waals surface area (Å²) in [7, 11) is 4.84. The second kappa shape index (κ2) is 10.6. The van der Waals surface area contributed by atoms with Gasteiger partial charge in [0.25, 0.3) is 11.8 Å². The van der Waals surface area contributed by atoms with Crippen molar-refractivity contribution in [2.75, 3.05) is 48.5 Å². The molecule has 1 aromatic rings. The molecule has 13 heteroatoms. The molecule has 1 spiro atoms. The maximum Gasteiger partial charge on any atom is 0.354 e. The van der Waals surface area contributed by atoms with Crippen LogP contribution in [-0.2, 0) is 22.7 Å². The first kappa shape index (κ1) is 25.8. The van der Waals surface area contributed by atoms with Crippen molar-refractivity contribution in [3.63, 3.8) is 0 Å². The summed E-state index contributed by atoms with van der Waals surface area (Å²) in [6.07, 6.45) is 1.80. The minimum Gasteiger partial charge on any atom is -0.493 e. The van der Waals surface area contributed by atoms with Gasteiger partial charge in [-0.1, -0.05) is 0 Å². The summed E-state index contributed by atoms with van der Waals surface area (Å²) in [6.45, 7) is 0.976. The first-order valence-electron chi connectivity index (χ1n) is 10.3. The zero-order chi connectivity index (χ0) is 25.8. The molecule has 0 radical (unpaired) electrons. The van der Waals surface area contributed by atoms with E-state index in [4.69, 9.17) is 17.8 Å². The fourth-order valence-electron chi connectivity index (χ4n) is 2.97. The molecule has 2 amide bonds. The zero-order valence-corrected chi connectivity index (χ0v) is 20.7. The SMILES string of the molecule is COc1ccc(C(=O)NC2=NC(C(=O)N(C)CCN(C)C)=CS23OC(=O)C=CC(=O)O3)cc1OC. The van der Waals surface area contributed by atoms with E-state index < -0.39 is 34.3 Å². The highest BCUT2D eigenvalue weighted by Gasteiger charge is 2.42. The highest BCUT2D eigenvalue weighted by Crippen LogP contribution is 2.58. The van der Waals surface area contributed by atoms with E-state index in [1.807, 2.05) is 19.0 Å². The van der Waals surface area contributed by atoms with Gasteiger partial charge in [0.2, 0.25) is 5.17 Å². The quantitative estimate of drug-likeness (QED) is 0.573. The largest absolute Gasteiger partial charge is 0.493 e. The highest BCUT2D eigenvalue weighted by molar-refractivity contribution is 8.41. The molecular formula is C22H26N4O8S. The molecule has 3 rings (SSSR count). The van der Waals surface area contributed by atoms with Gasteiger partial charge in [-0.05, 0) is 42.9 Å². The lowest BCUT2D eigenvalue weighted by Crippen LogP contribution is -2.35. The number of carbonyl (C=O) groups excluding carboxylic acids is 4. The van der Waals surface area contributed by atoms with Crippen LogP contribution in [0.5, 0.6) is 11.5 Å². The van der Waals surface area contributed by atoms with Crippen molar-refractivity contribution in [2.45, 2.75) is 0 Å². The number of benzene rings is 1. The molecule has 0 saturated heterocycles. The number of hydrogen-bond acceptors (Lipinski definition) is 10. The van der Waals surface area contributed by atoms with E-state index >= 15 is 0 Å². The summed E-state index contributed by atoms with van der Waals surface area (Å²) in [5, 5.41) is 3.43. The third-order valence-corrected chi connectivity index (χ3v) is 6.93. The number of amidine groups is 1. The van der Waals surface area contributed by atoms with Crippen molar-refractivity contribution in [3.05, 3.63) is 47.0 Å². The van der Waals surface area contributed by atoms with Crippen molar-refractivity contribution in [3.8, 4) is 11.5 Å². The monoisotopic (exact) mass is 506 g/mol. The van der Waals surface area contributed by atoms with Crippen LogP contribution >= 0.6 is 10.6 Å². The van der Waals surface area contributed by atoms with Gasteiger partial charge in [0.15, 0.2) is 11.5 Å². The number of hydrogen-bond donors (Lipinski definition) is 1. The van der Waals surface area contributed by atoms with E-state index in [1.54, 1.807) is 7.05 Å². The molecule has 188 valence electrons. The maximum absolute atomic E-state index is 13.0. The summed E-state index contributed by atoms with van der Waals surface area (Å²) >= 11 is 0. The van der Waals surface area contributed by atoms with Crippen LogP contribution in [0.1, 0.15) is 10.4 Å². The lowest BCUT2D eigenvalue weighted by atomic mass is 10.2. The lowest BCUT2D eigenvalue weighted by molar-refractivity contribution is -0.129. The maximum atomic E-state index is 13.0. The molecular weight excluding hydrogens is 480 g/mol. The van der Waals surface area contributed by atoms with E-state index in [2.05, 4.69) is 10.3 Å². The zero-order valence-electron chi connectivity index (χ0n) is 19.9. The summed E-state index contributed by atoms with van der Waals surface area (Å²) in [5.74, 6) is -2.21. The van der Waals surface area contributed by atoms with Crippen LogP contribution in [0, 0.1) is 0 Å². The molecule has 1 aromatic carbocycles. The molecule has 0 fully saturated rings. The van der Waals surface area contributed by atoms with Gasteiger partial charge in [-0.3, -0.25) is 14.9 Å². The molecule has 2 heterocycles. The topological polar surface area (TPSA) is 136 Å². The molecule has 2 aliphatic rings. The fourth-order valence-corrected chi connectivity index (χ4v) is 4.88. The van der Waals surface area contributed by atoms with Crippen molar-refractivity contribution in [1.29, 1.82) is 0 Å². The molecule has 0 aromatic heterocycles. The Morgan fingerprint density at radius 3 is 2.20 bits per heavy atom. The number of carbonyl (C=O) groups is 4. The number of likely N-dealkylation sites (N-methyl/N-ethyl adjacent to an activating group) is 2. The minimum atomic E-state index is -3.35. The first-order valence-corrected chi connectivity index (χ1v) is 11.9. The average Bonchev–Trinajstić information content (AvgIpc) is 3.08. The molecule has 0 aliphatic carbocycles. The summed E-state index contributed by atoms with van der Waals surface area (Å²) in [5.41, 5.74) is 0.0264. The second-order valence-electron chi connectivity index (χ2n) is 7.66. The van der Waals surface area contributed by atoms with E-state index in [-0.39, 0.29) is 16.4 Å². The Bertz CT molecular complexity index is 1120. The van der Waals surface area contributed by atoms with Crippen molar-refractivity contribution >= 4 is 39.5 Å². The third-order valence-electron chi connectivity index (χ3n) is 4.84. The minimum absolute atomic E-state index is 0.133. The molecule has 0 saturated carbocycles. The normalized spacial score (nSPS) is 17.1. The Morgan fingerprint density at radius 1 is 1.00 bits per heavy atom. The van der Waals surface area contributed by atoms with Gasteiger partial charge in [0, 0.05) is 37.9 Å². The number of ether oxygens (including phenoxy) is 2. The smallest absolute Gasteiger partial charge is 0.354 e. The van der Waals surface area contributed by atoms with Crippen molar-refractivity contribution < 1.29 is 37.0 Å². The molecule has 0 unspecified atom stereocenters. The Kier molecular flexibility index (Phi) is 7.82. The third kappa shape index (κ3) is 5.81. The lowest BCUT2D eigenvalue weighted by Gasteiger charge is -2.34. The summed E-state index contributed by atoms with van der Waals surface area (Å²) < 4.78 is 21.2. The summed E-state index contributed by atoms with van der Waals surface area (Å²) in [4.78, 5) is 57.9. The molecule has 12 nitrogen and oxygen atoms in total. The fraction of sp³-hybridized carbons (Fsp3) is 0.318. The number of nitrogens with zero attached hydrogens (tertiary/aromatic N) is 3. The molecule has 1 N–H and O–H groups in total. The van der Waals surface area contributed by atoms with Crippen LogP contribution < -0.4 is 14.8 Å². The van der Waals surface area contributed by atoms with Crippen LogP contribution in [0.2, 0.25) is 0 Å². The standard InChI is InChI=1S/C22H26N4O8S/c1-25(2)10-11-26(3)21(30)15-13-35(33-18(27)8-9-19(28)34-35)22(23-15)24-20(29)14-6-7-16(31-4)17(12-14)32-5/h6-9,12-13H,10-11H2,1-5H3,(H,23,24,29). The van der Waals surface area contributed by atoms with Gasteiger partial charge in [0.1, 0.15) is 5.70 Å². The number of rotatable bonds is 7. The second-order valence-corrected chi connectivity index (χ2v) is 9.70. The Balaban J connectivity index is 1.94. The van der Waals surface area contributed by atoms with E-state index in [9.17, 15) is 19.2 Å². The molecule has 0 atom stereocenters. The van der Waals surface area contributed by atoms with Crippen LogP contribution in [-0.4, -0.2) is 87.2 Å². The predicted molar refractivity (Wildman–Crippen MR) is 128 cm³/mol. The van der Waals surface area contributed by atoms with E-state index in [0.29, 0.717) is 24.6 Å². The first-order chi connectivity index (χ1) is 16.6. The van der Waals surface area contributed by atoms with Gasteiger partial charge in [-0.15, -0.1) is 0 Å². The van der Waals surface area contributed by atoms with Gasteiger partial charge in [-0.2, -0.15) is 0 Å². The number of methoxy groups -OCH3 is 2. The number of aliphatic imine (C=N–C) groups is 1. The summed E-state index contributed by atoms with van der Waals surface area (Å²) in [6, 6.07) is 4.46. The molecule has 2 aliphatic heterocycles. The van der Waals surface area contributed by atoms with Gasteiger partial charge < -0.3 is 27.6 Å². The van der Waals surface area contributed by atoms with Crippen LogP contribution in [0.15, 0.2) is 46.4 Å². The van der Waals surface area contributed by atoms with Gasteiger partial charge >= 0.3 is 11.9 Å². The highest BCUT2D eigenvalue weighted by atomic mass is 32.3. The van der Waals surface area contributed by atoms with Crippen LogP contribution in [0.25, 0.3) is 0 Å². The number of amides is 2. The Hall–Kier alpha value is -3.84. The van der Waals surface area contributed by atoms with Crippen molar-refractivity contribution in [2.24, 2.45) is 4.99 Å². The van der Waals surface area contributed by atoms with E-state index in [0.717, 1.165) is 12.2 Å². The Morgan fingerprint density at radius 2 is 1.63 bits per heavy atom. The Labute approximate surface area is 203 Å². The predicted octanol–water partition coefficient (Wildman–Crippen LogP) is 0.955. The number of nitrogens with one attached hydrogen (secondary N) is 1. The van der Waals surface area contributed by atoms with E-state index in [1.165, 1.54) is 42.7 Å². The van der Waals surface area contributed by atoms with Crippen LogP contribution in [0.4, 0.5) is 0 Å². The van der Waals surface area contributed by atoms with Crippen molar-refractivity contribution in [1.82, 2.24) is 15.1 Å². The van der Waals surface area contributed by atoms with Gasteiger partial charge in [-0.25, -0.2) is 14.6 Å². The van der Waals surface area contributed by atoms with Crippen LogP contribution in [0.3, 0.4) is 0 Å². The average molecular weight is 507 g/mol.